The number of anilines is 1. The number of carbonyl (C=O) groups excluding carboxylic acids is 1. The average Bonchev–Trinajstić information content (AvgIpc) is 2.71. The number of sulfonamides is 1. The van der Waals surface area contributed by atoms with Crippen LogP contribution in [0.1, 0.15) is 24.1 Å². The zero-order valence-corrected chi connectivity index (χ0v) is 18.3. The van der Waals surface area contributed by atoms with Gasteiger partial charge in [-0.05, 0) is 54.4 Å². The number of amides is 1. The van der Waals surface area contributed by atoms with E-state index in [4.69, 9.17) is 23.2 Å². The van der Waals surface area contributed by atoms with Gasteiger partial charge in [-0.15, -0.1) is 0 Å². The van der Waals surface area contributed by atoms with E-state index in [9.17, 15) is 13.2 Å². The molecule has 0 aliphatic heterocycles. The van der Waals surface area contributed by atoms with Crippen molar-refractivity contribution < 1.29 is 13.2 Å². The van der Waals surface area contributed by atoms with Gasteiger partial charge >= 0.3 is 0 Å². The van der Waals surface area contributed by atoms with E-state index in [1.807, 2.05) is 19.1 Å². The van der Waals surface area contributed by atoms with Crippen LogP contribution in [-0.4, -0.2) is 19.3 Å². The largest absolute Gasteiger partial charge is 0.349 e. The predicted molar refractivity (Wildman–Crippen MR) is 118 cm³/mol. The van der Waals surface area contributed by atoms with Gasteiger partial charge in [-0.25, -0.2) is 8.42 Å². The maximum absolute atomic E-state index is 12.5. The average molecular weight is 464 g/mol. The molecule has 3 rings (SSSR count). The molecule has 30 heavy (non-hydrogen) atoms. The van der Waals surface area contributed by atoms with E-state index >= 15 is 0 Å². The first kappa shape index (κ1) is 22.1. The van der Waals surface area contributed by atoms with Crippen LogP contribution in [0.2, 0.25) is 10.0 Å². The Morgan fingerprint density at radius 1 is 1.07 bits per heavy atom. The first-order valence-electron chi connectivity index (χ1n) is 9.01. The van der Waals surface area contributed by atoms with Crippen molar-refractivity contribution >= 4 is 44.8 Å². The predicted octanol–water partition coefficient (Wildman–Crippen LogP) is 4.61. The second-order valence-corrected chi connectivity index (χ2v) is 9.13. The molecular weight excluding hydrogens is 445 g/mol. The molecule has 1 aromatic heterocycles. The third kappa shape index (κ3) is 5.72. The van der Waals surface area contributed by atoms with Crippen molar-refractivity contribution in [2.24, 2.45) is 0 Å². The van der Waals surface area contributed by atoms with Crippen LogP contribution in [0, 0.1) is 0 Å². The molecule has 2 aromatic carbocycles. The Bertz CT molecular complexity index is 1140. The molecule has 0 saturated heterocycles. The van der Waals surface area contributed by atoms with E-state index in [2.05, 4.69) is 15.0 Å². The van der Waals surface area contributed by atoms with Gasteiger partial charge in [-0.1, -0.05) is 41.4 Å². The maximum Gasteiger partial charge on any atom is 0.261 e. The van der Waals surface area contributed by atoms with Crippen LogP contribution in [-0.2, 0) is 21.2 Å². The molecule has 1 unspecified atom stereocenters. The molecule has 0 spiro atoms. The van der Waals surface area contributed by atoms with E-state index in [1.165, 1.54) is 18.2 Å². The highest BCUT2D eigenvalue weighted by Gasteiger charge is 2.16. The van der Waals surface area contributed by atoms with Crippen molar-refractivity contribution in [2.45, 2.75) is 24.3 Å². The summed E-state index contributed by atoms with van der Waals surface area (Å²) in [6.45, 7) is 1.88. The molecule has 1 heterocycles. The first-order valence-corrected chi connectivity index (χ1v) is 11.2. The molecule has 2 N–H and O–H groups in total. The van der Waals surface area contributed by atoms with Crippen molar-refractivity contribution in [2.75, 3.05) is 4.72 Å². The summed E-state index contributed by atoms with van der Waals surface area (Å²) in [6.07, 6.45) is 3.56. The lowest BCUT2D eigenvalue weighted by Gasteiger charge is -2.14. The van der Waals surface area contributed by atoms with Gasteiger partial charge in [0.2, 0.25) is 5.91 Å². The number of hydrogen-bond acceptors (Lipinski definition) is 4. The lowest BCUT2D eigenvalue weighted by Crippen LogP contribution is -2.28. The SMILES string of the molecule is CC(NC(=O)Cc1ccc(NS(=O)(=O)c2ccc(Cl)c(Cl)c2)cc1)c1cccnc1. The number of rotatable bonds is 7. The first-order chi connectivity index (χ1) is 14.2. The summed E-state index contributed by atoms with van der Waals surface area (Å²) >= 11 is 11.7. The van der Waals surface area contributed by atoms with Gasteiger partial charge in [0.25, 0.3) is 10.0 Å². The highest BCUT2D eigenvalue weighted by Crippen LogP contribution is 2.26. The number of benzene rings is 2. The number of aromatic nitrogens is 1. The second kappa shape index (κ2) is 9.47. The Labute approximate surface area is 185 Å². The minimum Gasteiger partial charge on any atom is -0.349 e. The van der Waals surface area contributed by atoms with Gasteiger partial charge in [0.1, 0.15) is 0 Å². The fourth-order valence-electron chi connectivity index (χ4n) is 2.74. The third-order valence-corrected chi connectivity index (χ3v) is 6.45. The zero-order valence-electron chi connectivity index (χ0n) is 16.0. The summed E-state index contributed by atoms with van der Waals surface area (Å²) < 4.78 is 27.5. The minimum absolute atomic E-state index is 0.00439. The Morgan fingerprint density at radius 3 is 2.43 bits per heavy atom. The third-order valence-electron chi connectivity index (χ3n) is 4.33. The molecule has 156 valence electrons. The highest BCUT2D eigenvalue weighted by molar-refractivity contribution is 7.92. The summed E-state index contributed by atoms with van der Waals surface area (Å²) in [5, 5.41) is 3.34. The number of halogens is 2. The van der Waals surface area contributed by atoms with Gasteiger partial charge in [0, 0.05) is 18.1 Å². The molecule has 9 heteroatoms. The van der Waals surface area contributed by atoms with Crippen molar-refractivity contribution in [3.8, 4) is 0 Å². The summed E-state index contributed by atoms with van der Waals surface area (Å²) in [7, 11) is -3.81. The summed E-state index contributed by atoms with van der Waals surface area (Å²) in [4.78, 5) is 16.3. The van der Waals surface area contributed by atoms with E-state index in [0.29, 0.717) is 5.69 Å². The minimum atomic E-state index is -3.81. The topological polar surface area (TPSA) is 88.2 Å². The molecule has 1 amide bonds. The number of hydrogen-bond donors (Lipinski definition) is 2. The van der Waals surface area contributed by atoms with Gasteiger partial charge in [0.15, 0.2) is 0 Å². The lowest BCUT2D eigenvalue weighted by atomic mass is 10.1. The fraction of sp³-hybridized carbons (Fsp3) is 0.143. The van der Waals surface area contributed by atoms with Crippen molar-refractivity contribution in [3.05, 3.63) is 88.2 Å². The van der Waals surface area contributed by atoms with Gasteiger partial charge in [-0.3, -0.25) is 14.5 Å². The Hall–Kier alpha value is -2.61. The molecule has 0 aliphatic carbocycles. The van der Waals surface area contributed by atoms with Gasteiger partial charge in [-0.2, -0.15) is 0 Å². The van der Waals surface area contributed by atoms with E-state index < -0.39 is 10.0 Å². The molecule has 0 radical (unpaired) electrons. The van der Waals surface area contributed by atoms with Crippen LogP contribution in [0.3, 0.4) is 0 Å². The van der Waals surface area contributed by atoms with E-state index in [0.717, 1.165) is 11.1 Å². The maximum atomic E-state index is 12.5. The molecule has 0 bridgehead atoms. The molecule has 0 fully saturated rings. The molecule has 0 aliphatic rings. The number of carbonyl (C=O) groups is 1. The van der Waals surface area contributed by atoms with Gasteiger partial charge < -0.3 is 5.32 Å². The van der Waals surface area contributed by atoms with Crippen LogP contribution in [0.15, 0.2) is 71.9 Å². The normalized spacial score (nSPS) is 12.2. The molecule has 6 nitrogen and oxygen atoms in total. The summed E-state index contributed by atoms with van der Waals surface area (Å²) in [5.41, 5.74) is 2.04. The Kier molecular flexibility index (Phi) is 6.97. The quantitative estimate of drug-likeness (QED) is 0.535. The number of nitrogens with one attached hydrogen (secondary N) is 2. The number of nitrogens with zero attached hydrogens (tertiary/aromatic N) is 1. The number of pyridine rings is 1. The molecular formula is C21H19Cl2N3O3S. The lowest BCUT2D eigenvalue weighted by molar-refractivity contribution is -0.121. The molecule has 3 aromatic rings. The van der Waals surface area contributed by atoms with Crippen LogP contribution in [0.25, 0.3) is 0 Å². The summed E-state index contributed by atoms with van der Waals surface area (Å²) in [6, 6.07) is 14.2. The standard InChI is InChI=1S/C21H19Cl2N3O3S/c1-14(16-3-2-10-24-13-16)25-21(27)11-15-4-6-17(7-5-15)26-30(28,29)18-8-9-19(22)20(23)12-18/h2-10,12-14,26H,11H2,1H3,(H,25,27). The van der Waals surface area contributed by atoms with Crippen molar-refractivity contribution in [1.29, 1.82) is 0 Å². The Balaban J connectivity index is 1.61. The van der Waals surface area contributed by atoms with Gasteiger partial charge in [0.05, 0.1) is 27.4 Å². The molecule has 0 saturated carbocycles. The van der Waals surface area contributed by atoms with Crippen molar-refractivity contribution in [1.82, 2.24) is 10.3 Å². The van der Waals surface area contributed by atoms with Crippen LogP contribution in [0.4, 0.5) is 5.69 Å². The second-order valence-electron chi connectivity index (χ2n) is 6.63. The smallest absolute Gasteiger partial charge is 0.261 e. The monoisotopic (exact) mass is 463 g/mol. The van der Waals surface area contributed by atoms with Crippen LogP contribution < -0.4 is 10.0 Å². The van der Waals surface area contributed by atoms with Crippen LogP contribution in [0.5, 0.6) is 0 Å². The zero-order chi connectivity index (χ0) is 21.7. The highest BCUT2D eigenvalue weighted by atomic mass is 35.5. The van der Waals surface area contributed by atoms with E-state index in [1.54, 1.807) is 36.7 Å². The molecule has 1 atom stereocenters. The van der Waals surface area contributed by atoms with E-state index in [-0.39, 0.29) is 33.3 Å². The van der Waals surface area contributed by atoms with Crippen LogP contribution >= 0.6 is 23.2 Å². The Morgan fingerprint density at radius 2 is 1.80 bits per heavy atom. The fourth-order valence-corrected chi connectivity index (χ4v) is 4.19. The summed E-state index contributed by atoms with van der Waals surface area (Å²) in [5.74, 6) is -0.143. The van der Waals surface area contributed by atoms with Crippen molar-refractivity contribution in [3.63, 3.8) is 0 Å².